The summed E-state index contributed by atoms with van der Waals surface area (Å²) in [6.45, 7) is 1.92. The van der Waals surface area contributed by atoms with Gasteiger partial charge in [-0.25, -0.2) is 8.42 Å². The second-order valence-electron chi connectivity index (χ2n) is 5.77. The molecule has 2 aromatic heterocycles. The number of aryl methyl sites for hydroxylation is 1. The SMILES string of the molecule is Cc1ccc(-c2ncc(Cl)cc2-c2ccc(S(C)(=O)=O)cc2)cn1.O=[N+]([O-])O. The van der Waals surface area contributed by atoms with Gasteiger partial charge in [-0.05, 0) is 42.8 Å². The molecule has 0 aliphatic rings. The lowest BCUT2D eigenvalue weighted by molar-refractivity contribution is -0.742. The molecule has 146 valence electrons. The van der Waals surface area contributed by atoms with Crippen molar-refractivity contribution in [2.24, 2.45) is 0 Å². The van der Waals surface area contributed by atoms with Crippen LogP contribution in [0.4, 0.5) is 0 Å². The summed E-state index contributed by atoms with van der Waals surface area (Å²) in [5.41, 5.74) is 4.21. The molecule has 1 aromatic carbocycles. The summed E-state index contributed by atoms with van der Waals surface area (Å²) >= 11 is 6.11. The first kappa shape index (κ1) is 21.3. The molecule has 0 unspecified atom stereocenters. The minimum Gasteiger partial charge on any atom is -0.328 e. The van der Waals surface area contributed by atoms with Crippen molar-refractivity contribution >= 4 is 21.4 Å². The zero-order valence-electron chi connectivity index (χ0n) is 14.9. The highest BCUT2D eigenvalue weighted by Gasteiger charge is 2.12. The number of aromatic nitrogens is 2. The average molecular weight is 422 g/mol. The van der Waals surface area contributed by atoms with Gasteiger partial charge >= 0.3 is 0 Å². The fourth-order valence-corrected chi connectivity index (χ4v) is 3.17. The zero-order chi connectivity index (χ0) is 20.9. The fourth-order valence-electron chi connectivity index (χ4n) is 2.38. The Hall–Kier alpha value is -3.04. The molecular formula is C18H16ClN3O5S. The molecule has 3 aromatic rings. The molecule has 0 fully saturated rings. The van der Waals surface area contributed by atoms with E-state index in [-0.39, 0.29) is 4.90 Å². The van der Waals surface area contributed by atoms with Gasteiger partial charge in [-0.2, -0.15) is 0 Å². The highest BCUT2D eigenvalue weighted by molar-refractivity contribution is 7.90. The van der Waals surface area contributed by atoms with Crippen LogP contribution in [0.25, 0.3) is 22.4 Å². The van der Waals surface area contributed by atoms with Crippen molar-refractivity contribution in [1.29, 1.82) is 0 Å². The minimum absolute atomic E-state index is 0.278. The highest BCUT2D eigenvalue weighted by atomic mass is 35.5. The average Bonchev–Trinajstić information content (AvgIpc) is 2.61. The molecular weight excluding hydrogens is 406 g/mol. The Bertz CT molecular complexity index is 1080. The van der Waals surface area contributed by atoms with E-state index < -0.39 is 14.9 Å². The van der Waals surface area contributed by atoms with Crippen molar-refractivity contribution in [3.63, 3.8) is 0 Å². The maximum atomic E-state index is 11.6. The topological polar surface area (TPSA) is 123 Å². The van der Waals surface area contributed by atoms with Crippen LogP contribution in [0.3, 0.4) is 0 Å². The fraction of sp³-hybridized carbons (Fsp3) is 0.111. The van der Waals surface area contributed by atoms with Crippen molar-refractivity contribution < 1.29 is 18.7 Å². The third-order valence-electron chi connectivity index (χ3n) is 3.63. The second-order valence-corrected chi connectivity index (χ2v) is 8.22. The third-order valence-corrected chi connectivity index (χ3v) is 4.97. The van der Waals surface area contributed by atoms with Gasteiger partial charge in [0.05, 0.1) is 15.6 Å². The Morgan fingerprint density at radius 2 is 1.61 bits per heavy atom. The van der Waals surface area contributed by atoms with Crippen LogP contribution >= 0.6 is 11.6 Å². The van der Waals surface area contributed by atoms with E-state index in [1.807, 2.05) is 25.1 Å². The first-order chi connectivity index (χ1) is 13.1. The third kappa shape index (κ3) is 5.73. The first-order valence-electron chi connectivity index (χ1n) is 7.80. The summed E-state index contributed by atoms with van der Waals surface area (Å²) in [7, 11) is -3.23. The number of pyridine rings is 2. The number of sulfone groups is 1. The molecule has 0 aliphatic heterocycles. The maximum absolute atomic E-state index is 11.6. The molecule has 0 aliphatic carbocycles. The quantitative estimate of drug-likeness (QED) is 0.503. The van der Waals surface area contributed by atoms with Gasteiger partial charge in [0, 0.05) is 35.5 Å². The van der Waals surface area contributed by atoms with Gasteiger partial charge in [0.2, 0.25) is 0 Å². The number of rotatable bonds is 3. The molecule has 10 heteroatoms. The lowest BCUT2D eigenvalue weighted by Gasteiger charge is -2.10. The van der Waals surface area contributed by atoms with Crippen molar-refractivity contribution in [3.8, 4) is 22.4 Å². The molecule has 0 spiro atoms. The Labute approximate surface area is 166 Å². The van der Waals surface area contributed by atoms with E-state index >= 15 is 0 Å². The molecule has 0 radical (unpaired) electrons. The molecule has 3 rings (SSSR count). The van der Waals surface area contributed by atoms with Crippen molar-refractivity contribution in [1.82, 2.24) is 9.97 Å². The molecule has 0 bridgehead atoms. The van der Waals surface area contributed by atoms with Gasteiger partial charge in [0.25, 0.3) is 5.09 Å². The van der Waals surface area contributed by atoms with E-state index in [2.05, 4.69) is 9.97 Å². The van der Waals surface area contributed by atoms with Crippen LogP contribution in [0.1, 0.15) is 5.69 Å². The van der Waals surface area contributed by atoms with Gasteiger partial charge in [-0.3, -0.25) is 9.97 Å². The largest absolute Gasteiger partial charge is 0.328 e. The van der Waals surface area contributed by atoms with E-state index in [4.69, 9.17) is 26.9 Å². The van der Waals surface area contributed by atoms with Crippen LogP contribution < -0.4 is 0 Å². The van der Waals surface area contributed by atoms with Crippen LogP contribution in [0.2, 0.25) is 5.02 Å². The Balaban J connectivity index is 0.000000640. The van der Waals surface area contributed by atoms with E-state index in [1.54, 1.807) is 36.7 Å². The summed E-state index contributed by atoms with van der Waals surface area (Å²) in [5, 5.41) is 14.2. The van der Waals surface area contributed by atoms with E-state index in [1.165, 1.54) is 6.26 Å². The summed E-state index contributed by atoms with van der Waals surface area (Å²) in [6.07, 6.45) is 4.54. The van der Waals surface area contributed by atoms with Gasteiger partial charge in [0.15, 0.2) is 9.84 Å². The lowest BCUT2D eigenvalue weighted by atomic mass is 10.0. The normalized spacial score (nSPS) is 10.7. The van der Waals surface area contributed by atoms with Gasteiger partial charge in [0.1, 0.15) is 0 Å². The smallest absolute Gasteiger partial charge is 0.291 e. The summed E-state index contributed by atoms with van der Waals surface area (Å²) in [4.78, 5) is 17.4. The number of halogens is 1. The Kier molecular flexibility index (Phi) is 6.66. The van der Waals surface area contributed by atoms with E-state index in [0.29, 0.717) is 5.02 Å². The summed E-state index contributed by atoms with van der Waals surface area (Å²) < 4.78 is 23.2. The lowest BCUT2D eigenvalue weighted by Crippen LogP contribution is -1.97. The number of nitrogens with zero attached hydrogens (tertiary/aromatic N) is 3. The van der Waals surface area contributed by atoms with E-state index in [0.717, 1.165) is 28.1 Å². The molecule has 0 amide bonds. The Morgan fingerprint density at radius 1 is 1.04 bits per heavy atom. The van der Waals surface area contributed by atoms with Crippen LogP contribution in [0.5, 0.6) is 0 Å². The van der Waals surface area contributed by atoms with Crippen molar-refractivity contribution in [2.45, 2.75) is 11.8 Å². The zero-order valence-corrected chi connectivity index (χ0v) is 16.5. The summed E-state index contributed by atoms with van der Waals surface area (Å²) in [6, 6.07) is 12.4. The monoisotopic (exact) mass is 421 g/mol. The van der Waals surface area contributed by atoms with Gasteiger partial charge in [-0.15, -0.1) is 10.1 Å². The molecule has 8 nitrogen and oxygen atoms in total. The number of benzene rings is 1. The first-order valence-corrected chi connectivity index (χ1v) is 10.1. The van der Waals surface area contributed by atoms with E-state index in [9.17, 15) is 8.42 Å². The van der Waals surface area contributed by atoms with Crippen LogP contribution in [0.15, 0.2) is 59.8 Å². The summed E-state index contributed by atoms with van der Waals surface area (Å²) in [5.74, 6) is 0. The predicted octanol–water partition coefficient (Wildman–Crippen LogP) is 3.83. The van der Waals surface area contributed by atoms with Crippen molar-refractivity contribution in [3.05, 3.63) is 75.7 Å². The maximum Gasteiger partial charge on any atom is 0.291 e. The number of hydrogen-bond acceptors (Lipinski definition) is 6. The molecule has 2 heterocycles. The molecule has 0 saturated carbocycles. The number of hydrogen-bond donors (Lipinski definition) is 1. The second kappa shape index (κ2) is 8.77. The highest BCUT2D eigenvalue weighted by Crippen LogP contribution is 2.32. The Morgan fingerprint density at radius 3 is 2.11 bits per heavy atom. The molecule has 0 atom stereocenters. The predicted molar refractivity (Wildman–Crippen MR) is 105 cm³/mol. The molecule has 0 saturated heterocycles. The van der Waals surface area contributed by atoms with Gasteiger partial charge < -0.3 is 5.21 Å². The van der Waals surface area contributed by atoms with Crippen LogP contribution in [-0.4, -0.2) is 34.9 Å². The standard InChI is InChI=1S/C18H15ClN2O2S.HNO3/c1-12-3-4-14(10-20-12)18-17(9-15(19)11-21-18)13-5-7-16(8-6-13)24(2,22)23;2-1(3)4/h3-11H,1-2H3;(H,2,3,4). The van der Waals surface area contributed by atoms with Crippen LogP contribution in [0, 0.1) is 17.0 Å². The van der Waals surface area contributed by atoms with Crippen molar-refractivity contribution in [2.75, 3.05) is 6.26 Å². The van der Waals surface area contributed by atoms with Gasteiger partial charge in [-0.1, -0.05) is 23.7 Å². The molecule has 1 N–H and O–H groups in total. The molecule has 28 heavy (non-hydrogen) atoms. The van der Waals surface area contributed by atoms with Crippen LogP contribution in [-0.2, 0) is 9.84 Å². The minimum atomic E-state index is -3.23.